The number of hydrogen-bond acceptors (Lipinski definition) is 5. The highest BCUT2D eigenvalue weighted by Gasteiger charge is 2.53. The summed E-state index contributed by atoms with van der Waals surface area (Å²) in [6.07, 6.45) is 7.47. The van der Waals surface area contributed by atoms with E-state index in [2.05, 4.69) is 105 Å². The van der Waals surface area contributed by atoms with E-state index in [4.69, 9.17) is 4.74 Å². The van der Waals surface area contributed by atoms with Crippen LogP contribution in [0.2, 0.25) is 0 Å². The Bertz CT molecular complexity index is 1410. The van der Waals surface area contributed by atoms with E-state index in [1.165, 1.54) is 20.3 Å². The molecular weight excluding hydrogens is 545 g/mol. The van der Waals surface area contributed by atoms with E-state index >= 15 is 0 Å². The molecule has 5 heteroatoms. The average Bonchev–Trinajstić information content (AvgIpc) is 3.13. The van der Waals surface area contributed by atoms with E-state index in [-0.39, 0.29) is 28.4 Å². The molecule has 1 saturated carbocycles. The Balaban J connectivity index is 1.74. The third-order valence-electron chi connectivity index (χ3n) is 9.01. The molecule has 0 radical (unpaired) electrons. The van der Waals surface area contributed by atoms with Crippen LogP contribution in [0.25, 0.3) is 5.57 Å². The van der Waals surface area contributed by atoms with Gasteiger partial charge in [-0.3, -0.25) is 4.79 Å². The van der Waals surface area contributed by atoms with E-state index in [1.54, 1.807) is 11.8 Å². The van der Waals surface area contributed by atoms with Gasteiger partial charge in [0, 0.05) is 33.8 Å². The SMILES string of the molecule is CCOC1C(=O)/C(=C2/C=C(C(C)(C)C)Sc3ccc(C)cc32)C(O)C1C1C=C(C(C)(C)C)SC2=C1C(C)C(C)C=C2. The molecule has 1 aromatic carbocycles. The van der Waals surface area contributed by atoms with Crippen LogP contribution < -0.4 is 0 Å². The number of benzene rings is 1. The number of ketones is 1. The van der Waals surface area contributed by atoms with Gasteiger partial charge < -0.3 is 9.84 Å². The summed E-state index contributed by atoms with van der Waals surface area (Å²) < 4.78 is 6.29. The number of carbonyl (C=O) groups excluding carboxylic acids is 1. The highest BCUT2D eigenvalue weighted by molar-refractivity contribution is 8.07. The maximum atomic E-state index is 14.5. The number of aliphatic hydroxyl groups excluding tert-OH is 1. The standard InChI is InChI=1S/C36H46O3S2/c1-11-39-34-31(24-18-28(36(8,9)10)41-26-15-13-20(3)21(4)29(24)26)32(37)30(33(34)38)23-17-27(35(5,6)7)40-25-14-12-19(2)16-22(23)25/h12-18,20-21,24,31-32,34,37H,11H2,1-10H3/b30-23-. The Morgan fingerprint density at radius 3 is 2.32 bits per heavy atom. The molecule has 1 aromatic rings. The first-order chi connectivity index (χ1) is 19.1. The van der Waals surface area contributed by atoms with Gasteiger partial charge in [-0.15, -0.1) is 0 Å². The lowest BCUT2D eigenvalue weighted by molar-refractivity contribution is -0.127. The topological polar surface area (TPSA) is 46.5 Å². The van der Waals surface area contributed by atoms with E-state index in [1.807, 2.05) is 18.7 Å². The van der Waals surface area contributed by atoms with Crippen molar-refractivity contribution in [1.82, 2.24) is 0 Å². The summed E-state index contributed by atoms with van der Waals surface area (Å²) in [5, 5.41) is 12.4. The third-order valence-corrected chi connectivity index (χ3v) is 12.1. The fraction of sp³-hybridized carbons (Fsp3) is 0.528. The lowest BCUT2D eigenvalue weighted by Crippen LogP contribution is -2.38. The molecule has 6 atom stereocenters. The first-order valence-corrected chi connectivity index (χ1v) is 16.7. The summed E-state index contributed by atoms with van der Waals surface area (Å²) >= 11 is 3.63. The van der Waals surface area contributed by atoms with Gasteiger partial charge in [-0.05, 0) is 75.2 Å². The number of carbonyl (C=O) groups is 1. The molecule has 2 aliphatic heterocycles. The Morgan fingerprint density at radius 2 is 1.68 bits per heavy atom. The average molecular weight is 591 g/mol. The van der Waals surface area contributed by atoms with Crippen molar-refractivity contribution < 1.29 is 14.6 Å². The molecule has 2 aliphatic carbocycles. The summed E-state index contributed by atoms with van der Waals surface area (Å²) in [5.74, 6) is 0.164. The van der Waals surface area contributed by atoms with Crippen LogP contribution in [0.15, 0.2) is 73.3 Å². The maximum Gasteiger partial charge on any atom is 0.191 e. The molecule has 1 N–H and O–H groups in total. The molecule has 0 spiro atoms. The number of ether oxygens (including phenoxy) is 1. The maximum absolute atomic E-state index is 14.5. The van der Waals surface area contributed by atoms with Crippen molar-refractivity contribution in [3.63, 3.8) is 0 Å². The minimum Gasteiger partial charge on any atom is -0.388 e. The largest absolute Gasteiger partial charge is 0.388 e. The highest BCUT2D eigenvalue weighted by atomic mass is 32.2. The molecule has 1 fully saturated rings. The second kappa shape index (κ2) is 11.0. The fourth-order valence-electron chi connectivity index (χ4n) is 6.46. The van der Waals surface area contributed by atoms with Crippen molar-refractivity contribution in [2.75, 3.05) is 6.61 Å². The van der Waals surface area contributed by atoms with Crippen LogP contribution in [-0.4, -0.2) is 29.7 Å². The van der Waals surface area contributed by atoms with Crippen molar-refractivity contribution in [3.05, 3.63) is 79.5 Å². The molecule has 0 bridgehead atoms. The number of fused-ring (bicyclic) bond motifs is 1. The van der Waals surface area contributed by atoms with Crippen LogP contribution in [0.4, 0.5) is 0 Å². The van der Waals surface area contributed by atoms with Gasteiger partial charge in [0.1, 0.15) is 6.10 Å². The van der Waals surface area contributed by atoms with Gasteiger partial charge in [-0.25, -0.2) is 0 Å². The Hall–Kier alpha value is -1.79. The molecule has 220 valence electrons. The van der Waals surface area contributed by atoms with Gasteiger partial charge in [-0.1, -0.05) is 115 Å². The zero-order valence-corrected chi connectivity index (χ0v) is 27.9. The van der Waals surface area contributed by atoms with E-state index in [9.17, 15) is 9.90 Å². The van der Waals surface area contributed by atoms with E-state index in [0.717, 1.165) is 21.6 Å². The number of rotatable bonds is 3. The van der Waals surface area contributed by atoms with Crippen molar-refractivity contribution in [1.29, 1.82) is 0 Å². The summed E-state index contributed by atoms with van der Waals surface area (Å²) in [4.78, 5) is 19.3. The lowest BCUT2D eigenvalue weighted by Gasteiger charge is -2.41. The Kier molecular flexibility index (Phi) is 8.26. The van der Waals surface area contributed by atoms with Gasteiger partial charge in [0.15, 0.2) is 5.78 Å². The zero-order chi connectivity index (χ0) is 30.0. The summed E-state index contributed by atoms with van der Waals surface area (Å²) in [5.41, 5.74) is 4.76. The minimum atomic E-state index is -0.935. The Labute approximate surface area is 255 Å². The second-order valence-corrected chi connectivity index (χ2v) is 16.4. The van der Waals surface area contributed by atoms with Crippen LogP contribution in [-0.2, 0) is 9.53 Å². The first-order valence-electron chi connectivity index (χ1n) is 15.0. The second-order valence-electron chi connectivity index (χ2n) is 14.2. The van der Waals surface area contributed by atoms with Crippen molar-refractivity contribution in [2.24, 2.45) is 34.5 Å². The molecule has 3 nitrogen and oxygen atoms in total. The quantitative estimate of drug-likeness (QED) is 0.356. The number of aliphatic hydroxyl groups is 1. The minimum absolute atomic E-state index is 0.0427. The summed E-state index contributed by atoms with van der Waals surface area (Å²) in [6.45, 7) is 22.4. The summed E-state index contributed by atoms with van der Waals surface area (Å²) in [6, 6.07) is 6.45. The molecular formula is C36H46O3S2. The van der Waals surface area contributed by atoms with E-state index < -0.39 is 12.2 Å². The molecule has 41 heavy (non-hydrogen) atoms. The first kappa shape index (κ1) is 30.7. The molecule has 6 unspecified atom stereocenters. The normalized spacial score (nSPS) is 32.1. The van der Waals surface area contributed by atoms with Gasteiger partial charge in [0.2, 0.25) is 0 Å². The summed E-state index contributed by atoms with van der Waals surface area (Å²) in [7, 11) is 0. The van der Waals surface area contributed by atoms with Crippen molar-refractivity contribution in [3.8, 4) is 0 Å². The van der Waals surface area contributed by atoms with Crippen LogP contribution in [0.5, 0.6) is 0 Å². The van der Waals surface area contributed by atoms with Gasteiger partial charge in [-0.2, -0.15) is 0 Å². The highest BCUT2D eigenvalue weighted by Crippen LogP contribution is 2.56. The van der Waals surface area contributed by atoms with E-state index in [0.29, 0.717) is 24.0 Å². The fourth-order valence-corrected chi connectivity index (χ4v) is 8.94. The van der Waals surface area contributed by atoms with Crippen molar-refractivity contribution >= 4 is 34.9 Å². The third kappa shape index (κ3) is 5.53. The molecule has 0 saturated heterocycles. The van der Waals surface area contributed by atoms with Crippen LogP contribution in [0.1, 0.15) is 73.4 Å². The molecule has 4 aliphatic rings. The zero-order valence-electron chi connectivity index (χ0n) is 26.3. The lowest BCUT2D eigenvalue weighted by atomic mass is 9.71. The number of hydrogen-bond donors (Lipinski definition) is 1. The predicted molar refractivity (Wildman–Crippen MR) is 175 cm³/mol. The Morgan fingerprint density at radius 1 is 1.00 bits per heavy atom. The molecule has 5 rings (SSSR count). The van der Waals surface area contributed by atoms with Gasteiger partial charge in [0.05, 0.1) is 6.10 Å². The van der Waals surface area contributed by atoms with Crippen molar-refractivity contribution in [2.45, 2.75) is 86.3 Å². The number of aryl methyl sites for hydroxylation is 1. The molecule has 0 amide bonds. The van der Waals surface area contributed by atoms with Gasteiger partial charge >= 0.3 is 0 Å². The van der Waals surface area contributed by atoms with Crippen LogP contribution >= 0.6 is 23.5 Å². The van der Waals surface area contributed by atoms with Crippen LogP contribution in [0.3, 0.4) is 0 Å². The van der Waals surface area contributed by atoms with Gasteiger partial charge in [0.25, 0.3) is 0 Å². The number of Topliss-reactive ketones (excluding diaryl/α,β-unsaturated/α-hetero) is 1. The predicted octanol–water partition coefficient (Wildman–Crippen LogP) is 9.14. The molecule has 2 heterocycles. The molecule has 0 aromatic heterocycles. The number of thioether (sulfide) groups is 2. The monoisotopic (exact) mass is 590 g/mol. The van der Waals surface area contributed by atoms with Crippen LogP contribution in [0, 0.1) is 41.4 Å². The smallest absolute Gasteiger partial charge is 0.191 e. The number of allylic oxidation sites excluding steroid dienone is 8.